The largest absolute Gasteiger partial charge is 0.481 e. The van der Waals surface area contributed by atoms with E-state index in [9.17, 15) is 19.5 Å². The third-order valence-corrected chi connectivity index (χ3v) is 5.09. The highest BCUT2D eigenvalue weighted by Crippen LogP contribution is 2.30. The number of aliphatic carboxylic acids is 1. The molecule has 0 saturated carbocycles. The van der Waals surface area contributed by atoms with Crippen molar-refractivity contribution in [1.82, 2.24) is 5.32 Å². The predicted octanol–water partition coefficient (Wildman–Crippen LogP) is 3.38. The second-order valence-corrected chi connectivity index (χ2v) is 6.82. The zero-order valence-corrected chi connectivity index (χ0v) is 15.6. The quantitative estimate of drug-likeness (QED) is 0.564. The Kier molecular flexibility index (Phi) is 7.06. The molecule has 0 bridgehead atoms. The molecule has 0 heterocycles. The maximum absolute atomic E-state index is 12.7. The molecule has 0 radical (unpaired) electrons. The molecule has 0 aromatic heterocycles. The van der Waals surface area contributed by atoms with Gasteiger partial charge in [0, 0.05) is 0 Å². The van der Waals surface area contributed by atoms with E-state index in [1.54, 1.807) is 30.4 Å². The third-order valence-electron chi connectivity index (χ3n) is 4.35. The first-order valence-corrected chi connectivity index (χ1v) is 8.79. The lowest BCUT2D eigenvalue weighted by atomic mass is 9.82. The van der Waals surface area contributed by atoms with Gasteiger partial charge in [-0.1, -0.05) is 41.4 Å². The van der Waals surface area contributed by atoms with Crippen LogP contribution in [-0.4, -0.2) is 30.1 Å². The molecule has 0 aliphatic heterocycles. The van der Waals surface area contributed by atoms with E-state index in [4.69, 9.17) is 23.2 Å². The van der Waals surface area contributed by atoms with Gasteiger partial charge in [0.2, 0.25) is 5.91 Å². The van der Waals surface area contributed by atoms with Crippen molar-refractivity contribution in [2.24, 2.45) is 11.8 Å². The topological polar surface area (TPSA) is 92.7 Å². The Hall–Kier alpha value is -2.05. The van der Waals surface area contributed by atoms with Crippen molar-refractivity contribution in [1.29, 1.82) is 0 Å². The first-order chi connectivity index (χ1) is 12.3. The van der Waals surface area contributed by atoms with Gasteiger partial charge in [0.1, 0.15) is 0 Å². The average Bonchev–Trinajstić information content (AvgIpc) is 2.63. The van der Waals surface area contributed by atoms with E-state index in [1.165, 1.54) is 7.11 Å². The Morgan fingerprint density at radius 3 is 2.42 bits per heavy atom. The highest BCUT2D eigenvalue weighted by molar-refractivity contribution is 6.42. The minimum absolute atomic E-state index is 0.111. The van der Waals surface area contributed by atoms with Crippen LogP contribution in [0.4, 0.5) is 0 Å². The monoisotopic (exact) mass is 399 g/mol. The Labute approximate surface area is 161 Å². The predicted molar refractivity (Wildman–Crippen MR) is 97.0 cm³/mol. The highest BCUT2D eigenvalue weighted by atomic mass is 35.5. The fraction of sp³-hybridized carbons (Fsp3) is 0.389. The van der Waals surface area contributed by atoms with Crippen LogP contribution in [0.5, 0.6) is 0 Å². The van der Waals surface area contributed by atoms with Gasteiger partial charge in [-0.05, 0) is 30.5 Å². The van der Waals surface area contributed by atoms with E-state index in [2.05, 4.69) is 10.1 Å². The van der Waals surface area contributed by atoms with Crippen LogP contribution >= 0.6 is 23.2 Å². The Bertz CT molecular complexity index is 734. The van der Waals surface area contributed by atoms with Crippen molar-refractivity contribution in [3.05, 3.63) is 46.0 Å². The molecule has 1 amide bonds. The summed E-state index contributed by atoms with van der Waals surface area (Å²) in [6.07, 6.45) is 4.06. The molecule has 1 aliphatic carbocycles. The number of carbonyl (C=O) groups excluding carboxylic acids is 2. The van der Waals surface area contributed by atoms with Gasteiger partial charge in [0.15, 0.2) is 0 Å². The third kappa shape index (κ3) is 4.99. The summed E-state index contributed by atoms with van der Waals surface area (Å²) >= 11 is 11.9. The number of hydrogen-bond acceptors (Lipinski definition) is 4. The zero-order valence-electron chi connectivity index (χ0n) is 14.1. The standard InChI is InChI=1S/C18H19Cl2NO5/c1-26-16(22)9-15(10-6-7-13(19)14(20)8-10)21-17(23)11-4-2-3-5-12(11)18(24)25/h2-3,6-8,11-12,15H,4-5,9H2,1H3,(H,21,23)(H,24,25)/t11-,12+,15-/m0/s1. The van der Waals surface area contributed by atoms with Gasteiger partial charge >= 0.3 is 11.9 Å². The van der Waals surface area contributed by atoms with Crippen molar-refractivity contribution in [3.63, 3.8) is 0 Å². The first-order valence-electron chi connectivity index (χ1n) is 8.03. The fourth-order valence-electron chi connectivity index (χ4n) is 2.89. The molecule has 0 fully saturated rings. The second-order valence-electron chi connectivity index (χ2n) is 6.01. The van der Waals surface area contributed by atoms with Crippen LogP contribution in [0, 0.1) is 11.8 Å². The van der Waals surface area contributed by atoms with Gasteiger partial charge in [-0.3, -0.25) is 14.4 Å². The van der Waals surface area contributed by atoms with Crippen LogP contribution < -0.4 is 5.32 Å². The molecule has 2 rings (SSSR count). The number of nitrogens with one attached hydrogen (secondary N) is 1. The molecule has 1 aliphatic rings. The molecule has 1 aromatic rings. The number of allylic oxidation sites excluding steroid dienone is 2. The maximum atomic E-state index is 12.7. The Morgan fingerprint density at radius 2 is 1.85 bits per heavy atom. The van der Waals surface area contributed by atoms with Crippen molar-refractivity contribution < 1.29 is 24.2 Å². The van der Waals surface area contributed by atoms with Gasteiger partial charge in [0.25, 0.3) is 0 Å². The van der Waals surface area contributed by atoms with E-state index >= 15 is 0 Å². The minimum Gasteiger partial charge on any atom is -0.481 e. The second kappa shape index (κ2) is 9.05. The summed E-state index contributed by atoms with van der Waals surface area (Å²) in [6.45, 7) is 0. The van der Waals surface area contributed by atoms with E-state index in [1.807, 2.05) is 0 Å². The number of carboxylic acids is 1. The molecular weight excluding hydrogens is 381 g/mol. The number of halogens is 2. The summed E-state index contributed by atoms with van der Waals surface area (Å²) in [5.41, 5.74) is 0.580. The molecular formula is C18H19Cl2NO5. The summed E-state index contributed by atoms with van der Waals surface area (Å²) in [5, 5.41) is 12.7. The summed E-state index contributed by atoms with van der Waals surface area (Å²) in [5.74, 6) is -3.47. The number of esters is 1. The van der Waals surface area contributed by atoms with Crippen molar-refractivity contribution >= 4 is 41.0 Å². The van der Waals surface area contributed by atoms with Crippen molar-refractivity contribution in [2.45, 2.75) is 25.3 Å². The summed E-state index contributed by atoms with van der Waals surface area (Å²) in [6, 6.07) is 4.08. The normalized spacial score (nSPS) is 20.3. The van der Waals surface area contributed by atoms with Crippen LogP contribution in [0.3, 0.4) is 0 Å². The van der Waals surface area contributed by atoms with Crippen LogP contribution in [0.2, 0.25) is 10.0 Å². The lowest BCUT2D eigenvalue weighted by Crippen LogP contribution is -2.41. The molecule has 3 atom stereocenters. The summed E-state index contributed by atoms with van der Waals surface area (Å²) in [7, 11) is 1.25. The van der Waals surface area contributed by atoms with E-state index in [0.717, 1.165) is 0 Å². The van der Waals surface area contributed by atoms with Gasteiger partial charge in [-0.15, -0.1) is 0 Å². The smallest absolute Gasteiger partial charge is 0.307 e. The molecule has 2 N–H and O–H groups in total. The van der Waals surface area contributed by atoms with Crippen LogP contribution in [0.15, 0.2) is 30.4 Å². The number of methoxy groups -OCH3 is 1. The van der Waals surface area contributed by atoms with Gasteiger partial charge < -0.3 is 15.2 Å². The maximum Gasteiger partial charge on any atom is 0.307 e. The Balaban J connectivity index is 2.23. The number of carboxylic acid groups (broad SMARTS) is 1. The zero-order chi connectivity index (χ0) is 19.3. The molecule has 26 heavy (non-hydrogen) atoms. The minimum atomic E-state index is -1.02. The molecule has 6 nitrogen and oxygen atoms in total. The van der Waals surface area contributed by atoms with E-state index in [0.29, 0.717) is 23.4 Å². The molecule has 1 aromatic carbocycles. The van der Waals surface area contributed by atoms with Crippen LogP contribution in [0.25, 0.3) is 0 Å². The van der Waals surface area contributed by atoms with Crippen LogP contribution in [0.1, 0.15) is 30.9 Å². The van der Waals surface area contributed by atoms with Crippen molar-refractivity contribution in [2.75, 3.05) is 7.11 Å². The molecule has 140 valence electrons. The number of amides is 1. The van der Waals surface area contributed by atoms with E-state index in [-0.39, 0.29) is 11.4 Å². The lowest BCUT2D eigenvalue weighted by Gasteiger charge is -2.27. The van der Waals surface area contributed by atoms with Crippen LogP contribution in [-0.2, 0) is 19.1 Å². The fourth-order valence-corrected chi connectivity index (χ4v) is 3.19. The number of ether oxygens (including phenoxy) is 1. The summed E-state index contributed by atoms with van der Waals surface area (Å²) in [4.78, 5) is 35.8. The van der Waals surface area contributed by atoms with Crippen molar-refractivity contribution in [3.8, 4) is 0 Å². The number of hydrogen-bond donors (Lipinski definition) is 2. The molecule has 0 unspecified atom stereocenters. The number of carbonyl (C=O) groups is 3. The Morgan fingerprint density at radius 1 is 1.19 bits per heavy atom. The summed E-state index contributed by atoms with van der Waals surface area (Å²) < 4.78 is 4.69. The molecule has 0 saturated heterocycles. The first kappa shape index (κ1) is 20.3. The average molecular weight is 400 g/mol. The lowest BCUT2D eigenvalue weighted by molar-refractivity contribution is -0.148. The highest BCUT2D eigenvalue weighted by Gasteiger charge is 2.35. The number of benzene rings is 1. The number of rotatable bonds is 6. The van der Waals surface area contributed by atoms with E-state index < -0.39 is 35.7 Å². The van der Waals surface area contributed by atoms with Gasteiger partial charge in [0.05, 0.1) is 41.5 Å². The SMILES string of the molecule is COC(=O)C[C@H](NC(=O)[C@H]1CC=CC[C@H]1C(=O)O)c1ccc(Cl)c(Cl)c1. The molecule has 8 heteroatoms. The van der Waals surface area contributed by atoms with Gasteiger partial charge in [-0.2, -0.15) is 0 Å². The molecule has 0 spiro atoms. The van der Waals surface area contributed by atoms with Gasteiger partial charge in [-0.25, -0.2) is 0 Å².